The number of carbonyl (C=O) groups is 2. The molecule has 0 aromatic rings. The summed E-state index contributed by atoms with van der Waals surface area (Å²) in [6.45, 7) is 27.3. The molecule has 2 heteroatoms. The van der Waals surface area contributed by atoms with Crippen molar-refractivity contribution in [2.75, 3.05) is 0 Å². The smallest absolute Gasteiger partial charge is 0.186 e. The second-order valence-corrected chi connectivity index (χ2v) is 13.9. The van der Waals surface area contributed by atoms with Crippen LogP contribution in [0.4, 0.5) is 0 Å². The minimum absolute atomic E-state index is 0.142. The van der Waals surface area contributed by atoms with Crippen molar-refractivity contribution in [3.05, 3.63) is 58.2 Å². The van der Waals surface area contributed by atoms with Gasteiger partial charge in [-0.15, -0.1) is 0 Å². The van der Waals surface area contributed by atoms with Crippen molar-refractivity contribution >= 4 is 11.6 Å². The van der Waals surface area contributed by atoms with Gasteiger partial charge in [0.25, 0.3) is 0 Å². The molecule has 0 saturated heterocycles. The van der Waals surface area contributed by atoms with Crippen molar-refractivity contribution in [3.63, 3.8) is 0 Å². The van der Waals surface area contributed by atoms with Crippen LogP contribution in [0.3, 0.4) is 0 Å². The summed E-state index contributed by atoms with van der Waals surface area (Å²) in [6.07, 6.45) is 10.6. The summed E-state index contributed by atoms with van der Waals surface area (Å²) in [6, 6.07) is 0. The van der Waals surface area contributed by atoms with E-state index in [1.165, 1.54) is 0 Å². The summed E-state index contributed by atoms with van der Waals surface area (Å²) in [5.41, 5.74) is 3.02. The fourth-order valence-electron chi connectivity index (χ4n) is 4.35. The van der Waals surface area contributed by atoms with E-state index in [0.717, 1.165) is 27.9 Å². The van der Waals surface area contributed by atoms with E-state index in [2.05, 4.69) is 120 Å². The SMILES string of the molecule is CC1(C=C2C=C(C(C)(C)C)C(=O)C(C(C)(C)C)=C2)C=C(C(C)(C)C)C(=O)C(C(C)(C)C)=C1. The van der Waals surface area contributed by atoms with Crippen LogP contribution in [0, 0.1) is 27.1 Å². The van der Waals surface area contributed by atoms with Crippen molar-refractivity contribution in [2.45, 2.75) is 90.0 Å². The van der Waals surface area contributed by atoms with Gasteiger partial charge in [0, 0.05) is 27.7 Å². The van der Waals surface area contributed by atoms with Gasteiger partial charge < -0.3 is 0 Å². The molecule has 32 heavy (non-hydrogen) atoms. The van der Waals surface area contributed by atoms with Crippen molar-refractivity contribution in [1.82, 2.24) is 0 Å². The first-order valence-electron chi connectivity index (χ1n) is 11.8. The maximum absolute atomic E-state index is 13.4. The zero-order chi connectivity index (χ0) is 25.1. The second-order valence-electron chi connectivity index (χ2n) is 13.9. The van der Waals surface area contributed by atoms with E-state index in [0.29, 0.717) is 0 Å². The lowest BCUT2D eigenvalue weighted by atomic mass is 9.66. The summed E-state index contributed by atoms with van der Waals surface area (Å²) < 4.78 is 0. The van der Waals surface area contributed by atoms with Gasteiger partial charge in [0.2, 0.25) is 0 Å². The van der Waals surface area contributed by atoms with Gasteiger partial charge in [-0.25, -0.2) is 0 Å². The highest BCUT2D eigenvalue weighted by Crippen LogP contribution is 2.45. The zero-order valence-corrected chi connectivity index (χ0v) is 22.7. The van der Waals surface area contributed by atoms with Gasteiger partial charge in [-0.05, 0) is 46.3 Å². The monoisotopic (exact) mass is 436 g/mol. The molecular formula is C30H44O2. The van der Waals surface area contributed by atoms with Gasteiger partial charge in [-0.1, -0.05) is 101 Å². The van der Waals surface area contributed by atoms with Crippen molar-refractivity contribution in [3.8, 4) is 0 Å². The highest BCUT2D eigenvalue weighted by atomic mass is 16.1. The summed E-state index contributed by atoms with van der Waals surface area (Å²) in [7, 11) is 0. The molecule has 0 N–H and O–H groups in total. The van der Waals surface area contributed by atoms with Crippen LogP contribution in [0.1, 0.15) is 90.0 Å². The predicted octanol–water partition coefficient (Wildman–Crippen LogP) is 7.97. The van der Waals surface area contributed by atoms with Gasteiger partial charge in [-0.3, -0.25) is 9.59 Å². The number of allylic oxidation sites excluding steroid dienone is 10. The maximum Gasteiger partial charge on any atom is 0.186 e. The molecule has 2 nitrogen and oxygen atoms in total. The quantitative estimate of drug-likeness (QED) is 0.417. The molecule has 0 aromatic heterocycles. The maximum atomic E-state index is 13.4. The van der Waals surface area contributed by atoms with E-state index >= 15 is 0 Å². The van der Waals surface area contributed by atoms with Crippen molar-refractivity contribution in [2.24, 2.45) is 27.1 Å². The zero-order valence-electron chi connectivity index (χ0n) is 22.7. The Labute approximate surface area is 196 Å². The largest absolute Gasteiger partial charge is 0.289 e. The molecule has 2 rings (SSSR count). The van der Waals surface area contributed by atoms with E-state index in [-0.39, 0.29) is 33.2 Å². The molecule has 0 unspecified atom stereocenters. The van der Waals surface area contributed by atoms with E-state index in [1.807, 2.05) is 0 Å². The van der Waals surface area contributed by atoms with Crippen molar-refractivity contribution in [1.29, 1.82) is 0 Å². The van der Waals surface area contributed by atoms with Crippen LogP contribution in [0.5, 0.6) is 0 Å². The Kier molecular flexibility index (Phi) is 6.42. The van der Waals surface area contributed by atoms with Gasteiger partial charge in [0.05, 0.1) is 0 Å². The molecule has 0 saturated carbocycles. The number of Topliss-reactive ketones (excluding diaryl/α,β-unsaturated/α-hetero) is 2. The summed E-state index contributed by atoms with van der Waals surface area (Å²) in [5, 5.41) is 0. The van der Waals surface area contributed by atoms with Crippen LogP contribution in [-0.2, 0) is 9.59 Å². The van der Waals surface area contributed by atoms with Crippen LogP contribution < -0.4 is 0 Å². The van der Waals surface area contributed by atoms with Crippen molar-refractivity contribution < 1.29 is 9.59 Å². The molecule has 0 atom stereocenters. The Morgan fingerprint density at radius 2 is 0.844 bits per heavy atom. The average Bonchev–Trinajstić information content (AvgIpc) is 2.54. The summed E-state index contributed by atoms with van der Waals surface area (Å²) in [5.74, 6) is 0.291. The second kappa shape index (κ2) is 7.82. The molecule has 0 radical (unpaired) electrons. The first-order valence-corrected chi connectivity index (χ1v) is 11.8. The molecule has 0 aliphatic heterocycles. The first-order chi connectivity index (χ1) is 14.1. The molecular weight excluding hydrogens is 392 g/mol. The Morgan fingerprint density at radius 3 is 1.12 bits per heavy atom. The third-order valence-corrected chi connectivity index (χ3v) is 6.22. The highest BCUT2D eigenvalue weighted by Gasteiger charge is 2.39. The molecule has 0 heterocycles. The van der Waals surface area contributed by atoms with E-state index in [9.17, 15) is 9.59 Å². The summed E-state index contributed by atoms with van der Waals surface area (Å²) in [4.78, 5) is 26.7. The molecule has 0 spiro atoms. The van der Waals surface area contributed by atoms with Gasteiger partial charge in [0.1, 0.15) is 0 Å². The van der Waals surface area contributed by atoms with E-state index in [4.69, 9.17) is 0 Å². The summed E-state index contributed by atoms with van der Waals surface area (Å²) >= 11 is 0. The lowest BCUT2D eigenvalue weighted by molar-refractivity contribution is -0.115. The number of carbonyl (C=O) groups excluding carboxylic acids is 2. The Balaban J connectivity index is 2.81. The Morgan fingerprint density at radius 1 is 0.562 bits per heavy atom. The van der Waals surface area contributed by atoms with Crippen LogP contribution in [-0.4, -0.2) is 11.6 Å². The molecule has 0 bridgehead atoms. The van der Waals surface area contributed by atoms with Gasteiger partial charge in [-0.2, -0.15) is 0 Å². The first kappa shape index (κ1) is 26.3. The van der Waals surface area contributed by atoms with Gasteiger partial charge >= 0.3 is 0 Å². The molecule has 2 aliphatic carbocycles. The minimum atomic E-state index is -0.423. The van der Waals surface area contributed by atoms with Crippen LogP contribution in [0.15, 0.2) is 58.2 Å². The third-order valence-electron chi connectivity index (χ3n) is 6.22. The molecule has 2 aliphatic rings. The standard InChI is InChI=1S/C30H44O2/c1-26(2,3)20-14-19(15-21(24(20)31)27(4,5)6)16-30(13)17-22(28(7,8)9)25(32)23(18-30)29(10,11)12/h14-18H,1-13H3. The number of ketones is 2. The Bertz CT molecular complexity index is 905. The Hall–Kier alpha value is -1.96. The highest BCUT2D eigenvalue weighted by molar-refractivity contribution is 6.12. The van der Waals surface area contributed by atoms with E-state index < -0.39 is 5.41 Å². The van der Waals surface area contributed by atoms with Gasteiger partial charge in [0.15, 0.2) is 11.6 Å². The molecule has 176 valence electrons. The number of hydrogen-bond donors (Lipinski definition) is 0. The van der Waals surface area contributed by atoms with Crippen LogP contribution >= 0.6 is 0 Å². The topological polar surface area (TPSA) is 34.1 Å². The normalized spacial score (nSPS) is 20.5. The molecule has 0 amide bonds. The van der Waals surface area contributed by atoms with Crippen LogP contribution in [0.25, 0.3) is 0 Å². The number of hydrogen-bond acceptors (Lipinski definition) is 2. The van der Waals surface area contributed by atoms with E-state index in [1.54, 1.807) is 0 Å². The third kappa shape index (κ3) is 5.50. The lowest BCUT2D eigenvalue weighted by Crippen LogP contribution is -2.32. The average molecular weight is 437 g/mol. The molecule has 0 aromatic carbocycles. The van der Waals surface area contributed by atoms with Crippen LogP contribution in [0.2, 0.25) is 0 Å². The lowest BCUT2D eigenvalue weighted by Gasteiger charge is -2.37. The number of rotatable bonds is 1. The fourth-order valence-corrected chi connectivity index (χ4v) is 4.35. The molecule has 0 fully saturated rings. The predicted molar refractivity (Wildman–Crippen MR) is 136 cm³/mol. The fraction of sp³-hybridized carbons (Fsp3) is 0.600. The minimum Gasteiger partial charge on any atom is -0.289 e.